The van der Waals surface area contributed by atoms with Gasteiger partial charge in [0, 0.05) is 25.7 Å². The summed E-state index contributed by atoms with van der Waals surface area (Å²) in [5.41, 5.74) is -0.0125. The molecule has 0 atom stereocenters. The van der Waals surface area contributed by atoms with Gasteiger partial charge in [0.15, 0.2) is 5.75 Å². The monoisotopic (exact) mass is 352 g/mol. The third-order valence-electron chi connectivity index (χ3n) is 2.68. The fraction of sp³-hybridized carbons (Fsp3) is 0.250. The van der Waals surface area contributed by atoms with Gasteiger partial charge in [0.05, 0.1) is 4.92 Å². The Morgan fingerprint density at radius 2 is 1.68 bits per heavy atom. The summed E-state index contributed by atoms with van der Waals surface area (Å²) in [4.78, 5) is 30.6. The van der Waals surface area contributed by atoms with E-state index in [2.05, 4.69) is 18.1 Å². The van der Waals surface area contributed by atoms with Crippen molar-refractivity contribution in [2.75, 3.05) is 26.2 Å². The van der Waals surface area contributed by atoms with Crippen LogP contribution in [0.4, 0.5) is 5.69 Å². The van der Waals surface area contributed by atoms with E-state index in [-0.39, 0.29) is 5.69 Å². The van der Waals surface area contributed by atoms with E-state index in [1.807, 2.05) is 0 Å². The Labute approximate surface area is 144 Å². The number of carboxylic acids is 2. The average molecular weight is 352 g/mol. The molecule has 0 radical (unpaired) electrons. The van der Waals surface area contributed by atoms with Gasteiger partial charge in [-0.2, -0.15) is 0 Å². The lowest BCUT2D eigenvalue weighted by atomic mass is 10.3. The fourth-order valence-electron chi connectivity index (χ4n) is 1.64. The highest BCUT2D eigenvalue weighted by Gasteiger charge is 2.13. The summed E-state index contributed by atoms with van der Waals surface area (Å²) in [5.74, 6) is -3.35. The Balaban J connectivity index is 0.000000823. The standard InChI is InChI=1S/C14H18N2O3.C2H2O4/c1-3-9-15(10-4-2)11-12-19-14-8-6-5-7-13(14)16(17)18;3-1(4)2(5)6/h3-8H,1-2,9-12H2;(H,3,4)(H,5,6). The Morgan fingerprint density at radius 3 is 2.12 bits per heavy atom. The first kappa shape index (κ1) is 21.8. The molecule has 9 heteroatoms. The highest BCUT2D eigenvalue weighted by atomic mass is 16.6. The van der Waals surface area contributed by atoms with Gasteiger partial charge >= 0.3 is 17.6 Å². The van der Waals surface area contributed by atoms with Crippen molar-refractivity contribution in [3.05, 3.63) is 59.7 Å². The molecule has 0 saturated heterocycles. The van der Waals surface area contributed by atoms with Gasteiger partial charge in [0.1, 0.15) is 6.61 Å². The Hall–Kier alpha value is -3.20. The van der Waals surface area contributed by atoms with Crippen LogP contribution in [0.1, 0.15) is 0 Å². The number of benzene rings is 1. The third-order valence-corrected chi connectivity index (χ3v) is 2.68. The van der Waals surface area contributed by atoms with Gasteiger partial charge in [-0.15, -0.1) is 13.2 Å². The van der Waals surface area contributed by atoms with E-state index >= 15 is 0 Å². The van der Waals surface area contributed by atoms with Crippen molar-refractivity contribution in [1.82, 2.24) is 4.90 Å². The van der Waals surface area contributed by atoms with E-state index in [4.69, 9.17) is 24.5 Å². The van der Waals surface area contributed by atoms with Gasteiger partial charge in [-0.25, -0.2) is 9.59 Å². The number of hydrogen-bond donors (Lipinski definition) is 2. The second kappa shape index (κ2) is 12.3. The molecular formula is C16H20N2O7. The Kier molecular flexibility index (Phi) is 10.7. The Morgan fingerprint density at radius 1 is 1.16 bits per heavy atom. The zero-order valence-electron chi connectivity index (χ0n) is 13.5. The lowest BCUT2D eigenvalue weighted by Gasteiger charge is -2.18. The summed E-state index contributed by atoms with van der Waals surface area (Å²) in [7, 11) is 0. The lowest BCUT2D eigenvalue weighted by molar-refractivity contribution is -0.385. The van der Waals surface area contributed by atoms with Crippen molar-refractivity contribution in [2.45, 2.75) is 0 Å². The van der Waals surface area contributed by atoms with E-state index in [9.17, 15) is 10.1 Å². The summed E-state index contributed by atoms with van der Waals surface area (Å²) < 4.78 is 5.47. The summed E-state index contributed by atoms with van der Waals surface area (Å²) in [6, 6.07) is 6.37. The molecule has 1 rings (SSSR count). The number of nitro benzene ring substituents is 1. The van der Waals surface area contributed by atoms with Crippen molar-refractivity contribution in [3.63, 3.8) is 0 Å². The number of hydrogen-bond acceptors (Lipinski definition) is 6. The number of ether oxygens (including phenoxy) is 1. The highest BCUT2D eigenvalue weighted by Crippen LogP contribution is 2.25. The molecule has 1 aromatic carbocycles. The van der Waals surface area contributed by atoms with Crippen LogP contribution in [0.15, 0.2) is 49.6 Å². The summed E-state index contributed by atoms with van der Waals surface area (Å²) in [6.07, 6.45) is 3.60. The summed E-state index contributed by atoms with van der Waals surface area (Å²) in [6.45, 7) is 9.86. The predicted molar refractivity (Wildman–Crippen MR) is 90.7 cm³/mol. The van der Waals surface area contributed by atoms with Gasteiger partial charge in [-0.3, -0.25) is 15.0 Å². The van der Waals surface area contributed by atoms with Crippen molar-refractivity contribution < 1.29 is 29.5 Å². The first-order chi connectivity index (χ1) is 11.8. The minimum Gasteiger partial charge on any atom is -0.485 e. The summed E-state index contributed by atoms with van der Waals surface area (Å²) >= 11 is 0. The van der Waals surface area contributed by atoms with Crippen LogP contribution in [0.25, 0.3) is 0 Å². The van der Waals surface area contributed by atoms with Crippen LogP contribution in [-0.4, -0.2) is 58.2 Å². The van der Waals surface area contributed by atoms with Crippen LogP contribution >= 0.6 is 0 Å². The van der Waals surface area contributed by atoms with Crippen molar-refractivity contribution >= 4 is 17.6 Å². The van der Waals surface area contributed by atoms with Crippen LogP contribution in [0.3, 0.4) is 0 Å². The summed E-state index contributed by atoms with van der Waals surface area (Å²) in [5, 5.41) is 25.6. The highest BCUT2D eigenvalue weighted by molar-refractivity contribution is 6.27. The molecule has 25 heavy (non-hydrogen) atoms. The maximum Gasteiger partial charge on any atom is 0.414 e. The number of carbonyl (C=O) groups is 2. The molecule has 0 aromatic heterocycles. The molecule has 0 heterocycles. The molecular weight excluding hydrogens is 332 g/mol. The molecule has 0 aliphatic heterocycles. The number of rotatable bonds is 9. The van der Waals surface area contributed by atoms with Crippen LogP contribution < -0.4 is 4.74 Å². The normalized spacial score (nSPS) is 9.48. The molecule has 9 nitrogen and oxygen atoms in total. The maximum atomic E-state index is 10.8. The van der Waals surface area contributed by atoms with E-state index < -0.39 is 16.9 Å². The topological polar surface area (TPSA) is 130 Å². The van der Waals surface area contributed by atoms with Crippen LogP contribution in [0.2, 0.25) is 0 Å². The smallest absolute Gasteiger partial charge is 0.414 e. The van der Waals surface area contributed by atoms with Crippen LogP contribution in [0, 0.1) is 10.1 Å². The van der Waals surface area contributed by atoms with E-state index in [0.717, 1.165) is 13.1 Å². The molecule has 1 aromatic rings. The molecule has 0 fully saturated rings. The molecule has 136 valence electrons. The first-order valence-electron chi connectivity index (χ1n) is 7.10. The lowest BCUT2D eigenvalue weighted by Crippen LogP contribution is -2.28. The zero-order valence-corrected chi connectivity index (χ0v) is 13.5. The number of carboxylic acid groups (broad SMARTS) is 2. The molecule has 0 amide bonds. The molecule has 0 aliphatic rings. The van der Waals surface area contributed by atoms with Crippen molar-refractivity contribution in [2.24, 2.45) is 0 Å². The first-order valence-corrected chi connectivity index (χ1v) is 7.10. The number of aliphatic carboxylic acids is 2. The molecule has 0 aliphatic carbocycles. The van der Waals surface area contributed by atoms with Crippen LogP contribution in [0.5, 0.6) is 5.75 Å². The zero-order chi connectivity index (χ0) is 19.2. The van der Waals surface area contributed by atoms with Crippen LogP contribution in [-0.2, 0) is 9.59 Å². The van der Waals surface area contributed by atoms with Gasteiger partial charge in [0.2, 0.25) is 0 Å². The maximum absolute atomic E-state index is 10.8. The van der Waals surface area contributed by atoms with Gasteiger partial charge < -0.3 is 14.9 Å². The van der Waals surface area contributed by atoms with E-state index in [1.54, 1.807) is 30.4 Å². The molecule has 0 unspecified atom stereocenters. The second-order valence-electron chi connectivity index (χ2n) is 4.52. The quantitative estimate of drug-likeness (QED) is 0.298. The number of nitro groups is 1. The number of nitrogens with zero attached hydrogens (tertiary/aromatic N) is 2. The fourth-order valence-corrected chi connectivity index (χ4v) is 1.64. The average Bonchev–Trinajstić information content (AvgIpc) is 2.56. The molecule has 2 N–H and O–H groups in total. The van der Waals surface area contributed by atoms with Gasteiger partial charge in [-0.05, 0) is 6.07 Å². The second-order valence-corrected chi connectivity index (χ2v) is 4.52. The molecule has 0 saturated carbocycles. The van der Waals surface area contributed by atoms with Crippen molar-refractivity contribution in [3.8, 4) is 5.75 Å². The molecule has 0 spiro atoms. The van der Waals surface area contributed by atoms with Crippen molar-refractivity contribution in [1.29, 1.82) is 0 Å². The minimum absolute atomic E-state index is 0.0125. The van der Waals surface area contributed by atoms with E-state index in [1.165, 1.54) is 6.07 Å². The largest absolute Gasteiger partial charge is 0.485 e. The van der Waals surface area contributed by atoms with E-state index in [0.29, 0.717) is 18.9 Å². The van der Waals surface area contributed by atoms with Gasteiger partial charge in [0.25, 0.3) is 0 Å². The minimum atomic E-state index is -1.82. The third kappa shape index (κ3) is 9.51. The van der Waals surface area contributed by atoms with Gasteiger partial charge in [-0.1, -0.05) is 24.3 Å². The SMILES string of the molecule is C=CCN(CC=C)CCOc1ccccc1[N+](=O)[O-].O=C(O)C(=O)O. The Bertz CT molecular complexity index is 594. The molecule has 0 bridgehead atoms. The number of para-hydroxylation sites is 2. The predicted octanol–water partition coefficient (Wildman–Crippen LogP) is 1.80.